The van der Waals surface area contributed by atoms with Gasteiger partial charge >= 0.3 is 0 Å². The average Bonchev–Trinajstić information content (AvgIpc) is 2.67. The first-order chi connectivity index (χ1) is 12.3. The molecule has 4 rings (SSSR count). The highest BCUT2D eigenvalue weighted by molar-refractivity contribution is 5.91. The molecular formula is C19H20N4O2. The maximum absolute atomic E-state index is 12.4. The monoisotopic (exact) mass is 336 g/mol. The number of piperazine rings is 1. The minimum Gasteiger partial charge on any atom is -0.376 e. The molecule has 0 spiro atoms. The third kappa shape index (κ3) is 3.29. The summed E-state index contributed by atoms with van der Waals surface area (Å²) in [6, 6.07) is 17.3. The molecule has 2 aromatic carbocycles. The number of aromatic nitrogens is 1. The summed E-state index contributed by atoms with van der Waals surface area (Å²) in [6.07, 6.45) is 0. The third-order valence-electron chi connectivity index (χ3n) is 4.33. The van der Waals surface area contributed by atoms with E-state index in [0.717, 1.165) is 48.5 Å². The minimum atomic E-state index is -0.251. The van der Waals surface area contributed by atoms with Crippen molar-refractivity contribution in [2.45, 2.75) is 0 Å². The molecule has 0 atom stereocenters. The standard InChI is InChI=1S/C19H20N4O2/c24-19-17(25-22-15-6-2-1-3-7-15)13-14-5-4-8-16(18(14)21-19)23-11-9-20-10-12-23/h1-8,13,20,22H,9-12H2,(H,21,24). The predicted octanol–water partition coefficient (Wildman–Crippen LogP) is 2.34. The highest BCUT2D eigenvalue weighted by Crippen LogP contribution is 2.26. The second kappa shape index (κ2) is 6.86. The summed E-state index contributed by atoms with van der Waals surface area (Å²) in [7, 11) is 0. The van der Waals surface area contributed by atoms with Gasteiger partial charge in [-0.25, -0.2) is 5.48 Å². The van der Waals surface area contributed by atoms with E-state index in [4.69, 9.17) is 4.84 Å². The Morgan fingerprint density at radius 2 is 1.80 bits per heavy atom. The lowest BCUT2D eigenvalue weighted by atomic mass is 10.1. The summed E-state index contributed by atoms with van der Waals surface area (Å²) in [5.74, 6) is 0.244. The molecule has 1 aliphatic heterocycles. The van der Waals surface area contributed by atoms with E-state index in [0.29, 0.717) is 0 Å². The molecule has 3 aromatic rings. The van der Waals surface area contributed by atoms with Crippen molar-refractivity contribution in [2.75, 3.05) is 36.6 Å². The number of nitrogens with one attached hydrogen (secondary N) is 3. The summed E-state index contributed by atoms with van der Waals surface area (Å²) < 4.78 is 0. The molecule has 1 aliphatic rings. The molecule has 0 aliphatic carbocycles. The van der Waals surface area contributed by atoms with Gasteiger partial charge in [0.2, 0.25) is 5.75 Å². The van der Waals surface area contributed by atoms with E-state index in [2.05, 4.69) is 20.7 Å². The van der Waals surface area contributed by atoms with Crippen molar-refractivity contribution in [2.24, 2.45) is 0 Å². The first kappa shape index (κ1) is 15.5. The summed E-state index contributed by atoms with van der Waals surface area (Å²) in [5.41, 5.74) is 5.25. The Labute approximate surface area is 145 Å². The molecule has 128 valence electrons. The molecule has 1 saturated heterocycles. The Morgan fingerprint density at radius 3 is 2.60 bits per heavy atom. The van der Waals surface area contributed by atoms with E-state index in [1.807, 2.05) is 48.5 Å². The molecule has 1 aromatic heterocycles. The number of fused-ring (bicyclic) bond motifs is 1. The van der Waals surface area contributed by atoms with Crippen LogP contribution in [-0.2, 0) is 0 Å². The van der Waals surface area contributed by atoms with Crippen molar-refractivity contribution >= 4 is 22.3 Å². The molecule has 0 radical (unpaired) electrons. The van der Waals surface area contributed by atoms with Gasteiger partial charge < -0.3 is 20.0 Å². The number of hydrogen-bond acceptors (Lipinski definition) is 5. The van der Waals surface area contributed by atoms with E-state index in [9.17, 15) is 4.79 Å². The van der Waals surface area contributed by atoms with Gasteiger partial charge in [-0.1, -0.05) is 30.3 Å². The maximum Gasteiger partial charge on any atom is 0.294 e. The molecule has 0 bridgehead atoms. The average molecular weight is 336 g/mol. The highest BCUT2D eigenvalue weighted by atomic mass is 16.6. The summed E-state index contributed by atoms with van der Waals surface area (Å²) >= 11 is 0. The quantitative estimate of drug-likeness (QED) is 0.638. The lowest BCUT2D eigenvalue weighted by molar-refractivity contribution is 0.400. The summed E-state index contributed by atoms with van der Waals surface area (Å²) in [4.78, 5) is 23.2. The first-order valence-electron chi connectivity index (χ1n) is 8.41. The highest BCUT2D eigenvalue weighted by Gasteiger charge is 2.15. The fraction of sp³-hybridized carbons (Fsp3) is 0.211. The van der Waals surface area contributed by atoms with Gasteiger partial charge in [-0.05, 0) is 24.3 Å². The van der Waals surface area contributed by atoms with Gasteiger partial charge in [-0.15, -0.1) is 0 Å². The van der Waals surface area contributed by atoms with Crippen LogP contribution in [0.1, 0.15) is 0 Å². The second-order valence-electron chi connectivity index (χ2n) is 6.01. The van der Waals surface area contributed by atoms with Crippen LogP contribution in [0.15, 0.2) is 59.4 Å². The smallest absolute Gasteiger partial charge is 0.294 e. The number of pyridine rings is 1. The van der Waals surface area contributed by atoms with Crippen LogP contribution >= 0.6 is 0 Å². The summed E-state index contributed by atoms with van der Waals surface area (Å²) in [5, 5.41) is 4.29. The number of hydrogen-bond donors (Lipinski definition) is 3. The fourth-order valence-corrected chi connectivity index (χ4v) is 3.06. The van der Waals surface area contributed by atoms with Crippen LogP contribution in [-0.4, -0.2) is 31.2 Å². The number of H-pyrrole nitrogens is 1. The van der Waals surface area contributed by atoms with Gasteiger partial charge in [0.25, 0.3) is 5.56 Å². The molecule has 0 saturated carbocycles. The van der Waals surface area contributed by atoms with Crippen molar-refractivity contribution in [3.05, 3.63) is 65.0 Å². The first-order valence-corrected chi connectivity index (χ1v) is 8.41. The van der Waals surface area contributed by atoms with Crippen molar-refractivity contribution < 1.29 is 4.84 Å². The van der Waals surface area contributed by atoms with E-state index in [1.165, 1.54) is 0 Å². The van der Waals surface area contributed by atoms with E-state index >= 15 is 0 Å². The number of para-hydroxylation sites is 2. The fourth-order valence-electron chi connectivity index (χ4n) is 3.06. The number of anilines is 2. The van der Waals surface area contributed by atoms with Crippen LogP contribution in [0.3, 0.4) is 0 Å². The molecular weight excluding hydrogens is 316 g/mol. The van der Waals surface area contributed by atoms with Crippen LogP contribution in [0.25, 0.3) is 10.9 Å². The zero-order valence-corrected chi connectivity index (χ0v) is 13.8. The lowest BCUT2D eigenvalue weighted by Crippen LogP contribution is -2.43. The number of nitrogens with zero attached hydrogens (tertiary/aromatic N) is 1. The van der Waals surface area contributed by atoms with Crippen molar-refractivity contribution in [3.8, 4) is 5.75 Å². The Bertz CT molecular complexity index is 918. The second-order valence-corrected chi connectivity index (χ2v) is 6.01. The Balaban J connectivity index is 1.64. The van der Waals surface area contributed by atoms with Crippen LogP contribution in [0.4, 0.5) is 11.4 Å². The van der Waals surface area contributed by atoms with Crippen LogP contribution in [0.2, 0.25) is 0 Å². The normalized spacial score (nSPS) is 14.5. The zero-order chi connectivity index (χ0) is 17.1. The predicted molar refractivity (Wildman–Crippen MR) is 100 cm³/mol. The van der Waals surface area contributed by atoms with E-state index in [-0.39, 0.29) is 11.3 Å². The van der Waals surface area contributed by atoms with Crippen LogP contribution in [0.5, 0.6) is 5.75 Å². The molecule has 2 heterocycles. The SMILES string of the molecule is O=c1[nH]c2c(N3CCNCC3)cccc2cc1ONc1ccccc1. The van der Waals surface area contributed by atoms with Crippen molar-refractivity contribution in [3.63, 3.8) is 0 Å². The van der Waals surface area contributed by atoms with Gasteiger partial charge in [0.1, 0.15) is 0 Å². The minimum absolute atomic E-state index is 0.244. The maximum atomic E-state index is 12.4. The Morgan fingerprint density at radius 1 is 1.00 bits per heavy atom. The molecule has 0 amide bonds. The van der Waals surface area contributed by atoms with Crippen LogP contribution < -0.4 is 26.1 Å². The van der Waals surface area contributed by atoms with Crippen LogP contribution in [0, 0.1) is 0 Å². The molecule has 25 heavy (non-hydrogen) atoms. The van der Waals surface area contributed by atoms with Crippen molar-refractivity contribution in [1.82, 2.24) is 10.3 Å². The molecule has 1 fully saturated rings. The topological polar surface area (TPSA) is 69.4 Å². The van der Waals surface area contributed by atoms with Crippen molar-refractivity contribution in [1.29, 1.82) is 0 Å². The zero-order valence-electron chi connectivity index (χ0n) is 13.8. The lowest BCUT2D eigenvalue weighted by Gasteiger charge is -2.30. The summed E-state index contributed by atoms with van der Waals surface area (Å²) in [6.45, 7) is 3.75. The van der Waals surface area contributed by atoms with Gasteiger partial charge in [0.15, 0.2) is 0 Å². The third-order valence-corrected chi connectivity index (χ3v) is 4.33. The van der Waals surface area contributed by atoms with Gasteiger partial charge in [-0.2, -0.15) is 0 Å². The molecule has 6 nitrogen and oxygen atoms in total. The molecule has 6 heteroatoms. The van der Waals surface area contributed by atoms with Gasteiger partial charge in [0, 0.05) is 31.6 Å². The van der Waals surface area contributed by atoms with Gasteiger partial charge in [0.05, 0.1) is 16.9 Å². The number of rotatable bonds is 4. The Hall–Kier alpha value is -2.99. The number of aromatic amines is 1. The molecule has 0 unspecified atom stereocenters. The van der Waals surface area contributed by atoms with E-state index in [1.54, 1.807) is 6.07 Å². The Kier molecular flexibility index (Phi) is 4.26. The number of benzene rings is 2. The largest absolute Gasteiger partial charge is 0.376 e. The molecule has 3 N–H and O–H groups in total. The van der Waals surface area contributed by atoms with E-state index < -0.39 is 0 Å². The van der Waals surface area contributed by atoms with Gasteiger partial charge in [-0.3, -0.25) is 4.79 Å².